The number of hydrogen-bond donors (Lipinski definition) is 0. The molecule has 0 spiro atoms. The fourth-order valence-electron chi connectivity index (χ4n) is 5.05. The molecule has 132 valence electrons. The Morgan fingerprint density at radius 3 is 1.72 bits per heavy atom. The quantitative estimate of drug-likeness (QED) is 0.726. The molecule has 0 aliphatic heterocycles. The van der Waals surface area contributed by atoms with Crippen LogP contribution in [-0.4, -0.2) is 13.9 Å². The van der Waals surface area contributed by atoms with Gasteiger partial charge in [-0.1, -0.05) is 105 Å². The van der Waals surface area contributed by atoms with E-state index in [1.54, 1.807) is 0 Å². The van der Waals surface area contributed by atoms with E-state index in [9.17, 15) is 4.79 Å². The highest BCUT2D eigenvalue weighted by Gasteiger charge is 2.54. The molecule has 0 saturated heterocycles. The third kappa shape index (κ3) is 3.13. The molecule has 0 heterocycles. The van der Waals surface area contributed by atoms with E-state index in [0.29, 0.717) is 11.3 Å². The molecule has 0 amide bonds. The van der Waals surface area contributed by atoms with E-state index < -0.39 is 8.07 Å². The molecule has 0 bridgehead atoms. The van der Waals surface area contributed by atoms with E-state index in [4.69, 9.17) is 0 Å². The molecule has 1 aliphatic rings. The normalized spacial score (nSPS) is 22.0. The molecule has 2 aromatic rings. The molecule has 25 heavy (non-hydrogen) atoms. The lowest BCUT2D eigenvalue weighted by atomic mass is 9.89. The van der Waals surface area contributed by atoms with Crippen molar-refractivity contribution in [3.05, 3.63) is 60.7 Å². The van der Waals surface area contributed by atoms with Gasteiger partial charge in [0.05, 0.1) is 0 Å². The summed E-state index contributed by atoms with van der Waals surface area (Å²) in [7, 11) is -2.14. The van der Waals surface area contributed by atoms with Gasteiger partial charge in [0.2, 0.25) is 0 Å². The van der Waals surface area contributed by atoms with Crippen LogP contribution in [0.25, 0.3) is 0 Å². The maximum absolute atomic E-state index is 12.7. The van der Waals surface area contributed by atoms with Crippen molar-refractivity contribution in [1.29, 1.82) is 0 Å². The lowest BCUT2D eigenvalue weighted by molar-refractivity contribution is -0.123. The average Bonchev–Trinajstić information content (AvgIpc) is 2.59. The highest BCUT2D eigenvalue weighted by atomic mass is 28.3. The van der Waals surface area contributed by atoms with Crippen molar-refractivity contribution in [3.63, 3.8) is 0 Å². The van der Waals surface area contributed by atoms with E-state index in [2.05, 4.69) is 88.4 Å². The predicted molar refractivity (Wildman–Crippen MR) is 109 cm³/mol. The highest BCUT2D eigenvalue weighted by molar-refractivity contribution is 7.05. The zero-order valence-corrected chi connectivity index (χ0v) is 17.0. The zero-order chi connectivity index (χ0) is 18.1. The Morgan fingerprint density at radius 2 is 1.32 bits per heavy atom. The van der Waals surface area contributed by atoms with Crippen LogP contribution < -0.4 is 10.4 Å². The molecule has 2 heteroatoms. The van der Waals surface area contributed by atoms with Gasteiger partial charge in [-0.2, -0.15) is 0 Å². The van der Waals surface area contributed by atoms with Crippen molar-refractivity contribution in [1.82, 2.24) is 0 Å². The Hall–Kier alpha value is -1.67. The molecular formula is C23H30OSi. The molecular weight excluding hydrogens is 320 g/mol. The van der Waals surface area contributed by atoms with Gasteiger partial charge in [0, 0.05) is 12.3 Å². The Kier molecular flexibility index (Phi) is 5.01. The molecule has 0 N–H and O–H groups in total. The molecule has 1 aliphatic carbocycles. The Bertz CT molecular complexity index is 675. The number of benzene rings is 2. The SMILES string of the molecule is CC1CCC([Si](c2ccccc2)(c2ccccc2)C(C)(C)C)CC1=O. The van der Waals surface area contributed by atoms with Gasteiger partial charge in [0.15, 0.2) is 0 Å². The predicted octanol–water partition coefficient (Wildman–Crippen LogP) is 4.81. The van der Waals surface area contributed by atoms with Crippen LogP contribution in [-0.2, 0) is 4.79 Å². The topological polar surface area (TPSA) is 17.1 Å². The number of ketones is 1. The number of hydrogen-bond acceptors (Lipinski definition) is 1. The second kappa shape index (κ2) is 6.91. The fraction of sp³-hybridized carbons (Fsp3) is 0.435. The average molecular weight is 351 g/mol. The lowest BCUT2D eigenvalue weighted by Gasteiger charge is -2.50. The summed E-state index contributed by atoms with van der Waals surface area (Å²) in [4.78, 5) is 12.7. The van der Waals surface area contributed by atoms with Crippen LogP contribution in [0, 0.1) is 5.92 Å². The number of rotatable bonds is 3. The fourth-order valence-corrected chi connectivity index (χ4v) is 11.8. The van der Waals surface area contributed by atoms with Gasteiger partial charge in [-0.05, 0) is 17.0 Å². The minimum Gasteiger partial charge on any atom is -0.299 e. The molecule has 0 aromatic heterocycles. The van der Waals surface area contributed by atoms with Gasteiger partial charge >= 0.3 is 0 Å². The van der Waals surface area contributed by atoms with E-state index in [0.717, 1.165) is 12.8 Å². The Labute approximate surface area is 153 Å². The summed E-state index contributed by atoms with van der Waals surface area (Å²) in [5.74, 6) is 0.693. The molecule has 3 rings (SSSR count). The number of carbonyl (C=O) groups excluding carboxylic acids is 1. The van der Waals surface area contributed by atoms with Crippen molar-refractivity contribution in [2.24, 2.45) is 5.92 Å². The summed E-state index contributed by atoms with van der Waals surface area (Å²) in [5, 5.41) is 3.09. The summed E-state index contributed by atoms with van der Waals surface area (Å²) in [5.41, 5.74) is 0.473. The minimum absolute atomic E-state index is 0.140. The highest BCUT2D eigenvalue weighted by Crippen LogP contribution is 2.48. The monoisotopic (exact) mass is 350 g/mol. The van der Waals surface area contributed by atoms with Crippen molar-refractivity contribution in [2.75, 3.05) is 0 Å². The second-order valence-electron chi connectivity index (χ2n) is 8.64. The summed E-state index contributed by atoms with van der Waals surface area (Å²) in [6.07, 6.45) is 2.95. The summed E-state index contributed by atoms with van der Waals surface area (Å²) >= 11 is 0. The van der Waals surface area contributed by atoms with Crippen LogP contribution in [0.2, 0.25) is 10.6 Å². The minimum atomic E-state index is -2.14. The van der Waals surface area contributed by atoms with Gasteiger partial charge in [0.25, 0.3) is 0 Å². The first-order valence-electron chi connectivity index (χ1n) is 9.51. The van der Waals surface area contributed by atoms with Crippen molar-refractivity contribution in [2.45, 2.75) is 57.5 Å². The smallest absolute Gasteiger partial charge is 0.135 e. The second-order valence-corrected chi connectivity index (χ2v) is 13.7. The largest absolute Gasteiger partial charge is 0.299 e. The molecule has 0 radical (unpaired) electrons. The van der Waals surface area contributed by atoms with E-state index >= 15 is 0 Å². The maximum Gasteiger partial charge on any atom is 0.135 e. The maximum atomic E-state index is 12.7. The standard InChI is InChI=1S/C23H30OSi/c1-18-15-16-21(17-22(18)24)25(23(2,3)4,19-11-7-5-8-12-19)20-13-9-6-10-14-20/h5-14,18,21H,15-17H2,1-4H3. The molecule has 1 saturated carbocycles. The van der Waals surface area contributed by atoms with Crippen LogP contribution >= 0.6 is 0 Å². The third-order valence-corrected chi connectivity index (χ3v) is 12.8. The van der Waals surface area contributed by atoms with Crippen LogP contribution in [0.4, 0.5) is 0 Å². The van der Waals surface area contributed by atoms with Crippen molar-refractivity contribution >= 4 is 24.2 Å². The zero-order valence-electron chi connectivity index (χ0n) is 16.0. The molecule has 2 unspecified atom stereocenters. The lowest BCUT2D eigenvalue weighted by Crippen LogP contribution is -2.67. The first-order chi connectivity index (χ1) is 11.9. The summed E-state index contributed by atoms with van der Waals surface area (Å²) < 4.78 is 0. The first kappa shape index (κ1) is 18.1. The Balaban J connectivity index is 2.25. The summed E-state index contributed by atoms with van der Waals surface area (Å²) in [6.45, 7) is 9.27. The van der Waals surface area contributed by atoms with Crippen molar-refractivity contribution < 1.29 is 4.79 Å². The molecule has 1 nitrogen and oxygen atoms in total. The molecule has 2 aromatic carbocycles. The van der Waals surface area contributed by atoms with Crippen LogP contribution in [0.3, 0.4) is 0 Å². The number of Topliss-reactive ketones (excluding diaryl/α,β-unsaturated/α-hetero) is 1. The van der Waals surface area contributed by atoms with Crippen LogP contribution in [0.15, 0.2) is 60.7 Å². The molecule has 2 atom stereocenters. The third-order valence-electron chi connectivity index (χ3n) is 6.20. The molecule has 1 fully saturated rings. The van der Waals surface area contributed by atoms with Crippen LogP contribution in [0.1, 0.15) is 47.0 Å². The van der Waals surface area contributed by atoms with Gasteiger partial charge in [0.1, 0.15) is 13.9 Å². The van der Waals surface area contributed by atoms with Gasteiger partial charge in [-0.15, -0.1) is 0 Å². The van der Waals surface area contributed by atoms with E-state index in [-0.39, 0.29) is 11.0 Å². The van der Waals surface area contributed by atoms with E-state index in [1.807, 2.05) is 0 Å². The van der Waals surface area contributed by atoms with E-state index in [1.165, 1.54) is 16.8 Å². The first-order valence-corrected chi connectivity index (χ1v) is 11.6. The van der Waals surface area contributed by atoms with Gasteiger partial charge in [-0.25, -0.2) is 0 Å². The summed E-state index contributed by atoms with van der Waals surface area (Å²) in [6, 6.07) is 22.1. The number of carbonyl (C=O) groups is 1. The Morgan fingerprint density at radius 1 is 0.840 bits per heavy atom. The van der Waals surface area contributed by atoms with Gasteiger partial charge in [-0.3, -0.25) is 4.79 Å². The van der Waals surface area contributed by atoms with Crippen LogP contribution in [0.5, 0.6) is 0 Å². The van der Waals surface area contributed by atoms with Gasteiger partial charge < -0.3 is 0 Å². The van der Waals surface area contributed by atoms with Crippen molar-refractivity contribution in [3.8, 4) is 0 Å².